The Kier molecular flexibility index (Phi) is 4.18. The topological polar surface area (TPSA) is 74.7 Å². The second-order valence-corrected chi connectivity index (χ2v) is 6.08. The molecule has 5 nitrogen and oxygen atoms in total. The van der Waals surface area contributed by atoms with Crippen LogP contribution in [0.1, 0.15) is 43.5 Å². The molecule has 0 saturated carbocycles. The molecule has 2 rings (SSSR count). The van der Waals surface area contributed by atoms with E-state index in [1.807, 2.05) is 13.8 Å². The monoisotopic (exact) mass is 353 g/mol. The number of carboxylic acids is 1. The fourth-order valence-corrected chi connectivity index (χ4v) is 3.08. The highest BCUT2D eigenvalue weighted by Crippen LogP contribution is 2.42. The molecule has 1 saturated heterocycles. The fraction of sp³-hybridized carbons (Fsp3) is 0.400. The predicted molar refractivity (Wildman–Crippen MR) is 81.2 cm³/mol. The molecule has 1 N–H and O–H groups in total. The van der Waals surface area contributed by atoms with Crippen molar-refractivity contribution in [1.29, 1.82) is 0 Å². The Hall–Kier alpha value is -1.69. The molecule has 1 aliphatic heterocycles. The summed E-state index contributed by atoms with van der Waals surface area (Å²) in [6, 6.07) is 4.51. The van der Waals surface area contributed by atoms with E-state index in [0.29, 0.717) is 17.3 Å². The number of halogens is 1. The third-order valence-electron chi connectivity index (χ3n) is 4.18. The van der Waals surface area contributed by atoms with E-state index in [1.165, 1.54) is 12.1 Å². The second kappa shape index (κ2) is 5.60. The number of carbonyl (C=O) groups is 3. The molecule has 0 atom stereocenters. The van der Waals surface area contributed by atoms with Crippen LogP contribution in [-0.4, -0.2) is 22.9 Å². The molecule has 112 valence electrons. The Morgan fingerprint density at radius 1 is 1.33 bits per heavy atom. The van der Waals surface area contributed by atoms with Crippen molar-refractivity contribution in [3.05, 3.63) is 28.2 Å². The number of amides is 2. The van der Waals surface area contributed by atoms with Gasteiger partial charge in [0.05, 0.1) is 16.7 Å². The van der Waals surface area contributed by atoms with Gasteiger partial charge in [0.1, 0.15) is 0 Å². The molecule has 1 fully saturated rings. The number of carboxylic acid groups (broad SMARTS) is 1. The summed E-state index contributed by atoms with van der Waals surface area (Å²) in [4.78, 5) is 37.3. The predicted octanol–water partition coefficient (Wildman–Crippen LogP) is 3.22. The molecule has 21 heavy (non-hydrogen) atoms. The van der Waals surface area contributed by atoms with E-state index in [2.05, 4.69) is 15.9 Å². The number of rotatable bonds is 4. The zero-order valence-corrected chi connectivity index (χ0v) is 13.4. The summed E-state index contributed by atoms with van der Waals surface area (Å²) in [6.45, 7) is 3.75. The fourth-order valence-electron chi connectivity index (χ4n) is 2.72. The molecular formula is C15H16BrNO4. The maximum Gasteiger partial charge on any atom is 0.337 e. The van der Waals surface area contributed by atoms with Crippen LogP contribution >= 0.6 is 15.9 Å². The largest absolute Gasteiger partial charge is 0.478 e. The first-order valence-electron chi connectivity index (χ1n) is 6.76. The number of anilines is 1. The Bertz CT molecular complexity index is 622. The van der Waals surface area contributed by atoms with E-state index in [0.717, 1.165) is 4.90 Å². The van der Waals surface area contributed by atoms with E-state index in [1.54, 1.807) is 6.07 Å². The van der Waals surface area contributed by atoms with Crippen LogP contribution in [0.15, 0.2) is 22.7 Å². The van der Waals surface area contributed by atoms with Crippen LogP contribution in [0.2, 0.25) is 0 Å². The molecule has 1 aromatic rings. The average molecular weight is 354 g/mol. The SMILES string of the molecule is CCC1(CC)CC(=O)N(c2ccc(Br)cc2C(=O)O)C1=O. The molecule has 1 aromatic carbocycles. The lowest BCUT2D eigenvalue weighted by Gasteiger charge is -2.24. The first-order valence-corrected chi connectivity index (χ1v) is 7.56. The Morgan fingerprint density at radius 3 is 2.43 bits per heavy atom. The van der Waals surface area contributed by atoms with Gasteiger partial charge in [0.2, 0.25) is 11.8 Å². The summed E-state index contributed by atoms with van der Waals surface area (Å²) in [6.07, 6.45) is 1.25. The van der Waals surface area contributed by atoms with Gasteiger partial charge in [-0.25, -0.2) is 9.69 Å². The van der Waals surface area contributed by atoms with Crippen LogP contribution in [0, 0.1) is 5.41 Å². The van der Waals surface area contributed by atoms with E-state index in [4.69, 9.17) is 0 Å². The molecule has 0 aromatic heterocycles. The summed E-state index contributed by atoms with van der Waals surface area (Å²) in [5.74, 6) is -1.81. The lowest BCUT2D eigenvalue weighted by molar-refractivity contribution is -0.126. The maximum absolute atomic E-state index is 12.7. The Labute approximate surface area is 131 Å². The van der Waals surface area contributed by atoms with Crippen molar-refractivity contribution in [2.24, 2.45) is 5.41 Å². The summed E-state index contributed by atoms with van der Waals surface area (Å²) in [7, 11) is 0. The van der Waals surface area contributed by atoms with Crippen LogP contribution in [0.3, 0.4) is 0 Å². The summed E-state index contributed by atoms with van der Waals surface area (Å²) in [5, 5.41) is 9.30. The van der Waals surface area contributed by atoms with Crippen LogP contribution < -0.4 is 4.90 Å². The third kappa shape index (κ3) is 2.48. The zero-order chi connectivity index (χ0) is 15.8. The van der Waals surface area contributed by atoms with Crippen LogP contribution in [0.5, 0.6) is 0 Å². The lowest BCUT2D eigenvalue weighted by Crippen LogP contribution is -2.36. The van der Waals surface area contributed by atoms with Gasteiger partial charge in [-0.05, 0) is 31.0 Å². The summed E-state index contributed by atoms with van der Waals surface area (Å²) in [5.41, 5.74) is -0.626. The van der Waals surface area contributed by atoms with Crippen molar-refractivity contribution < 1.29 is 19.5 Å². The highest BCUT2D eigenvalue weighted by atomic mass is 79.9. The van der Waals surface area contributed by atoms with Gasteiger partial charge in [0.15, 0.2) is 0 Å². The Morgan fingerprint density at radius 2 is 1.95 bits per heavy atom. The number of nitrogens with zero attached hydrogens (tertiary/aromatic N) is 1. The zero-order valence-electron chi connectivity index (χ0n) is 11.9. The molecule has 0 spiro atoms. The molecular weight excluding hydrogens is 338 g/mol. The molecule has 0 radical (unpaired) electrons. The number of hydrogen-bond acceptors (Lipinski definition) is 3. The van der Waals surface area contributed by atoms with Crippen LogP contribution in [0.25, 0.3) is 0 Å². The van der Waals surface area contributed by atoms with Gasteiger partial charge in [0, 0.05) is 10.9 Å². The van der Waals surface area contributed by atoms with Gasteiger partial charge in [-0.15, -0.1) is 0 Å². The van der Waals surface area contributed by atoms with Crippen LogP contribution in [0.4, 0.5) is 5.69 Å². The highest BCUT2D eigenvalue weighted by Gasteiger charge is 2.50. The van der Waals surface area contributed by atoms with E-state index in [-0.39, 0.29) is 29.5 Å². The normalized spacial score (nSPS) is 17.4. The van der Waals surface area contributed by atoms with Gasteiger partial charge < -0.3 is 5.11 Å². The van der Waals surface area contributed by atoms with Crippen LogP contribution in [-0.2, 0) is 9.59 Å². The summed E-state index contributed by atoms with van der Waals surface area (Å²) < 4.78 is 0.583. The molecule has 0 aliphatic carbocycles. The minimum Gasteiger partial charge on any atom is -0.478 e. The second-order valence-electron chi connectivity index (χ2n) is 5.17. The van der Waals surface area contributed by atoms with Crippen molar-refractivity contribution in [2.45, 2.75) is 33.1 Å². The molecule has 0 bridgehead atoms. The molecule has 2 amide bonds. The van der Waals surface area contributed by atoms with Gasteiger partial charge in [0.25, 0.3) is 0 Å². The average Bonchev–Trinajstić information content (AvgIpc) is 2.70. The minimum absolute atomic E-state index is 0.0610. The van der Waals surface area contributed by atoms with E-state index in [9.17, 15) is 19.5 Å². The number of benzene rings is 1. The first kappa shape index (κ1) is 15.7. The summed E-state index contributed by atoms with van der Waals surface area (Å²) >= 11 is 3.20. The standard InChI is InChI=1S/C15H16BrNO4/c1-3-15(4-2)8-12(18)17(14(15)21)11-6-5-9(16)7-10(11)13(19)20/h5-7H,3-4,8H2,1-2H3,(H,19,20). The lowest BCUT2D eigenvalue weighted by atomic mass is 9.81. The van der Waals surface area contributed by atoms with Crippen molar-refractivity contribution >= 4 is 39.4 Å². The maximum atomic E-state index is 12.7. The van der Waals surface area contributed by atoms with Crippen molar-refractivity contribution in [3.63, 3.8) is 0 Å². The number of hydrogen-bond donors (Lipinski definition) is 1. The molecule has 6 heteroatoms. The molecule has 1 heterocycles. The van der Waals surface area contributed by atoms with Gasteiger partial charge in [-0.1, -0.05) is 29.8 Å². The van der Waals surface area contributed by atoms with Gasteiger partial charge in [-0.3, -0.25) is 9.59 Å². The first-order chi connectivity index (χ1) is 9.86. The van der Waals surface area contributed by atoms with Gasteiger partial charge >= 0.3 is 5.97 Å². The quantitative estimate of drug-likeness (QED) is 0.843. The van der Waals surface area contributed by atoms with Crippen molar-refractivity contribution in [2.75, 3.05) is 4.90 Å². The third-order valence-corrected chi connectivity index (χ3v) is 4.67. The van der Waals surface area contributed by atoms with Crippen molar-refractivity contribution in [3.8, 4) is 0 Å². The number of imide groups is 1. The van der Waals surface area contributed by atoms with Gasteiger partial charge in [-0.2, -0.15) is 0 Å². The highest BCUT2D eigenvalue weighted by molar-refractivity contribution is 9.10. The number of carbonyl (C=O) groups excluding carboxylic acids is 2. The molecule has 1 aliphatic rings. The smallest absolute Gasteiger partial charge is 0.337 e. The van der Waals surface area contributed by atoms with E-state index >= 15 is 0 Å². The minimum atomic E-state index is -1.17. The Balaban J connectivity index is 2.55. The van der Waals surface area contributed by atoms with Crippen molar-refractivity contribution in [1.82, 2.24) is 0 Å². The number of aromatic carboxylic acids is 1. The van der Waals surface area contributed by atoms with E-state index < -0.39 is 11.4 Å². The molecule has 0 unspecified atom stereocenters.